The molecule has 1 aromatic carbocycles. The molecule has 4 heterocycles. The Balaban J connectivity index is 1.33. The van der Waals surface area contributed by atoms with Crippen LogP contribution in [0.25, 0.3) is 21.9 Å². The fraction of sp³-hybridized carbons (Fsp3) is 0.208. The number of aromatic amines is 1. The quantitative estimate of drug-likeness (QED) is 0.390. The van der Waals surface area contributed by atoms with Crippen LogP contribution in [0.2, 0.25) is 0 Å². The summed E-state index contributed by atoms with van der Waals surface area (Å²) < 4.78 is 1.90. The second-order valence-electron chi connectivity index (χ2n) is 7.60. The second kappa shape index (κ2) is 8.00. The van der Waals surface area contributed by atoms with Gasteiger partial charge in [-0.25, -0.2) is 9.97 Å². The molecule has 31 heavy (non-hydrogen) atoms. The number of H-pyrrole nitrogens is 1. The Morgan fingerprint density at radius 1 is 1.32 bits per heavy atom. The normalized spacial score (nSPS) is 15.7. The third-order valence-corrected chi connectivity index (χ3v) is 5.60. The highest BCUT2D eigenvalue weighted by atomic mass is 15.3. The first-order valence-electron chi connectivity index (χ1n) is 10.3. The van der Waals surface area contributed by atoms with Crippen LogP contribution in [-0.4, -0.2) is 48.8 Å². The summed E-state index contributed by atoms with van der Waals surface area (Å²) in [5, 5.41) is 10.0. The van der Waals surface area contributed by atoms with Gasteiger partial charge in [0, 0.05) is 30.2 Å². The minimum Gasteiger partial charge on any atom is -0.370 e. The van der Waals surface area contributed by atoms with Crippen molar-refractivity contribution in [3.8, 4) is 11.8 Å². The lowest BCUT2D eigenvalue weighted by Crippen LogP contribution is -2.25. The highest BCUT2D eigenvalue weighted by molar-refractivity contribution is 5.88. The van der Waals surface area contributed by atoms with Gasteiger partial charge in [-0.05, 0) is 30.6 Å². The molecule has 3 aromatic heterocycles. The van der Waals surface area contributed by atoms with E-state index in [4.69, 9.17) is 0 Å². The van der Waals surface area contributed by atoms with Crippen molar-refractivity contribution in [1.29, 1.82) is 0 Å². The van der Waals surface area contributed by atoms with Gasteiger partial charge in [0.05, 0.1) is 22.8 Å². The highest BCUT2D eigenvalue weighted by Crippen LogP contribution is 2.24. The Morgan fingerprint density at radius 3 is 3.13 bits per heavy atom. The Bertz CT molecular complexity index is 1330. The molecule has 7 nitrogen and oxygen atoms in total. The zero-order chi connectivity index (χ0) is 21.2. The number of hydrogen-bond donors (Lipinski definition) is 2. The predicted molar refractivity (Wildman–Crippen MR) is 123 cm³/mol. The Hall–Kier alpha value is -4.05. The van der Waals surface area contributed by atoms with Gasteiger partial charge in [-0.1, -0.05) is 37.3 Å². The van der Waals surface area contributed by atoms with Gasteiger partial charge < -0.3 is 15.2 Å². The molecule has 0 spiro atoms. The third kappa shape index (κ3) is 3.76. The van der Waals surface area contributed by atoms with E-state index in [1.54, 1.807) is 12.4 Å². The molecule has 1 aliphatic rings. The van der Waals surface area contributed by atoms with Crippen molar-refractivity contribution in [2.75, 3.05) is 18.4 Å². The number of benzene rings is 1. The van der Waals surface area contributed by atoms with E-state index in [0.717, 1.165) is 58.7 Å². The van der Waals surface area contributed by atoms with Crippen LogP contribution in [0.15, 0.2) is 67.8 Å². The van der Waals surface area contributed by atoms with Crippen molar-refractivity contribution in [2.24, 2.45) is 0 Å². The van der Waals surface area contributed by atoms with E-state index in [9.17, 15) is 0 Å². The number of allylic oxidation sites excluding steroid dienone is 1. The zero-order valence-corrected chi connectivity index (χ0v) is 17.2. The van der Waals surface area contributed by atoms with Crippen molar-refractivity contribution in [3.05, 3.63) is 73.5 Å². The lowest BCUT2D eigenvalue weighted by Gasteiger charge is -2.19. The molecule has 1 atom stereocenters. The minimum atomic E-state index is 0.298. The molecule has 4 aromatic rings. The van der Waals surface area contributed by atoms with Crippen LogP contribution in [0.4, 0.5) is 5.82 Å². The van der Waals surface area contributed by atoms with Gasteiger partial charge in [0.1, 0.15) is 24.3 Å². The Kier molecular flexibility index (Phi) is 4.89. The van der Waals surface area contributed by atoms with E-state index >= 15 is 0 Å². The molecule has 0 bridgehead atoms. The number of anilines is 1. The maximum Gasteiger partial charge on any atom is 0.143 e. The van der Waals surface area contributed by atoms with Crippen molar-refractivity contribution in [2.45, 2.75) is 19.0 Å². The second-order valence-corrected chi connectivity index (χ2v) is 7.60. The van der Waals surface area contributed by atoms with Gasteiger partial charge >= 0.3 is 0 Å². The average molecular weight is 409 g/mol. The summed E-state index contributed by atoms with van der Waals surface area (Å²) in [6, 6.07) is 10.4. The number of para-hydroxylation sites is 1. The third-order valence-electron chi connectivity index (χ3n) is 5.60. The van der Waals surface area contributed by atoms with E-state index in [2.05, 4.69) is 61.3 Å². The lowest BCUT2D eigenvalue weighted by molar-refractivity contribution is 0.438. The maximum absolute atomic E-state index is 4.46. The average Bonchev–Trinajstić information content (AvgIpc) is 3.52. The molecule has 5 rings (SSSR count). The Morgan fingerprint density at radius 2 is 2.23 bits per heavy atom. The summed E-state index contributed by atoms with van der Waals surface area (Å²) in [5.41, 5.74) is 3.62. The fourth-order valence-electron chi connectivity index (χ4n) is 3.95. The molecule has 1 fully saturated rings. The number of fused-ring (bicyclic) bond motifs is 2. The Labute approximate surface area is 180 Å². The van der Waals surface area contributed by atoms with E-state index < -0.39 is 0 Å². The molecule has 7 heteroatoms. The van der Waals surface area contributed by atoms with Crippen LogP contribution in [-0.2, 0) is 6.54 Å². The van der Waals surface area contributed by atoms with Crippen molar-refractivity contribution in [1.82, 2.24) is 29.6 Å². The topological polar surface area (TPSA) is 74.7 Å². The molecular formula is C24H23N7. The van der Waals surface area contributed by atoms with E-state index in [1.165, 1.54) is 0 Å². The van der Waals surface area contributed by atoms with Gasteiger partial charge in [-0.2, -0.15) is 5.10 Å². The number of nitrogens with one attached hydrogen (secondary N) is 2. The summed E-state index contributed by atoms with van der Waals surface area (Å²) >= 11 is 0. The van der Waals surface area contributed by atoms with E-state index in [0.29, 0.717) is 12.6 Å². The van der Waals surface area contributed by atoms with Gasteiger partial charge in [-0.15, -0.1) is 0 Å². The van der Waals surface area contributed by atoms with Crippen LogP contribution in [0.1, 0.15) is 12.1 Å². The molecule has 0 amide bonds. The maximum atomic E-state index is 4.46. The minimum absolute atomic E-state index is 0.298. The first-order valence-corrected chi connectivity index (χ1v) is 10.3. The van der Waals surface area contributed by atoms with Gasteiger partial charge in [0.25, 0.3) is 0 Å². The van der Waals surface area contributed by atoms with Crippen LogP contribution in [0.5, 0.6) is 0 Å². The SMILES string of the molecule is C=CC(=C)N1CC[C@@H](Nc2ncnc3[nH]c(C#CCn4ncc5ccccc54)cc23)C1. The molecule has 1 saturated heterocycles. The summed E-state index contributed by atoms with van der Waals surface area (Å²) in [7, 11) is 0. The smallest absolute Gasteiger partial charge is 0.143 e. The van der Waals surface area contributed by atoms with Crippen LogP contribution in [0, 0.1) is 11.8 Å². The number of likely N-dealkylation sites (tertiary alicyclic amines) is 1. The first kappa shape index (κ1) is 18.9. The number of nitrogens with zero attached hydrogens (tertiary/aromatic N) is 5. The van der Waals surface area contributed by atoms with Crippen LogP contribution in [0.3, 0.4) is 0 Å². The van der Waals surface area contributed by atoms with Crippen molar-refractivity contribution in [3.63, 3.8) is 0 Å². The fourth-order valence-corrected chi connectivity index (χ4v) is 3.95. The van der Waals surface area contributed by atoms with Gasteiger partial charge in [0.2, 0.25) is 0 Å². The molecule has 1 aliphatic heterocycles. The number of aromatic nitrogens is 5. The largest absolute Gasteiger partial charge is 0.370 e. The molecule has 0 saturated carbocycles. The monoisotopic (exact) mass is 409 g/mol. The molecule has 154 valence electrons. The van der Waals surface area contributed by atoms with E-state index in [1.807, 2.05) is 35.1 Å². The van der Waals surface area contributed by atoms with Gasteiger partial charge in [-0.3, -0.25) is 4.68 Å². The first-order chi connectivity index (χ1) is 15.2. The molecule has 0 unspecified atom stereocenters. The van der Waals surface area contributed by atoms with Gasteiger partial charge in [0.15, 0.2) is 0 Å². The standard InChI is InChI=1S/C24H23N7/c1-3-17(2)30-12-10-20(15-30)29-24-21-13-19(28-23(21)25-16-26-24)8-6-11-31-22-9-5-4-7-18(22)14-27-31/h3-5,7,9,13-14,16,20H,1-2,10-12,15H2,(H2,25,26,28,29)/t20-/m1/s1. The summed E-state index contributed by atoms with van der Waals surface area (Å²) in [6.45, 7) is 10.2. The highest BCUT2D eigenvalue weighted by Gasteiger charge is 2.23. The predicted octanol–water partition coefficient (Wildman–Crippen LogP) is 3.55. The molecule has 0 aliphatic carbocycles. The molecule has 0 radical (unpaired) electrons. The van der Waals surface area contributed by atoms with Crippen LogP contribution >= 0.6 is 0 Å². The summed E-state index contributed by atoms with van der Waals surface area (Å²) in [4.78, 5) is 14.3. The number of rotatable bonds is 5. The summed E-state index contributed by atoms with van der Waals surface area (Å²) in [5.74, 6) is 7.22. The molecular weight excluding hydrogens is 386 g/mol. The lowest BCUT2D eigenvalue weighted by atomic mass is 10.2. The van der Waals surface area contributed by atoms with E-state index in [-0.39, 0.29) is 0 Å². The van der Waals surface area contributed by atoms with Crippen molar-refractivity contribution >= 4 is 27.8 Å². The summed E-state index contributed by atoms with van der Waals surface area (Å²) in [6.07, 6.45) is 6.26. The number of hydrogen-bond acceptors (Lipinski definition) is 5. The van der Waals surface area contributed by atoms with Crippen molar-refractivity contribution < 1.29 is 0 Å². The zero-order valence-electron chi connectivity index (χ0n) is 17.2. The molecule has 2 N–H and O–H groups in total. The van der Waals surface area contributed by atoms with Crippen LogP contribution < -0.4 is 5.32 Å².